The zero-order valence-corrected chi connectivity index (χ0v) is 21.3. The van der Waals surface area contributed by atoms with Gasteiger partial charge in [-0.3, -0.25) is 18.7 Å². The van der Waals surface area contributed by atoms with Gasteiger partial charge < -0.3 is 0 Å². The van der Waals surface area contributed by atoms with Gasteiger partial charge in [0.2, 0.25) is 0 Å². The van der Waals surface area contributed by atoms with E-state index in [0.717, 1.165) is 43.2 Å². The highest BCUT2D eigenvalue weighted by atomic mass is 35.5. The van der Waals surface area contributed by atoms with Crippen molar-refractivity contribution in [1.29, 1.82) is 0 Å². The van der Waals surface area contributed by atoms with Crippen molar-refractivity contribution in [3.63, 3.8) is 0 Å². The van der Waals surface area contributed by atoms with Crippen LogP contribution in [-0.4, -0.2) is 14.1 Å². The number of para-hydroxylation sites is 1. The second-order valence-electron chi connectivity index (χ2n) is 9.38. The van der Waals surface area contributed by atoms with Crippen LogP contribution >= 0.6 is 11.6 Å². The van der Waals surface area contributed by atoms with Crippen molar-refractivity contribution >= 4 is 22.8 Å². The summed E-state index contributed by atoms with van der Waals surface area (Å²) in [6.45, 7) is 4.04. The van der Waals surface area contributed by atoms with Gasteiger partial charge in [-0.25, -0.2) is 9.37 Å². The predicted molar refractivity (Wildman–Crippen MR) is 150 cm³/mol. The maximum atomic E-state index is 14.8. The van der Waals surface area contributed by atoms with Crippen LogP contribution < -0.4 is 11.1 Å². The Morgan fingerprint density at radius 1 is 0.946 bits per heavy atom. The van der Waals surface area contributed by atoms with Gasteiger partial charge in [-0.15, -0.1) is 0 Å². The largest absolute Gasteiger partial charge is 0.322 e. The summed E-state index contributed by atoms with van der Waals surface area (Å²) in [7, 11) is 0. The van der Waals surface area contributed by atoms with Crippen molar-refractivity contribution in [2.45, 2.75) is 72.3 Å². The molecule has 37 heavy (non-hydrogen) atoms. The third kappa shape index (κ3) is 4.63. The van der Waals surface area contributed by atoms with Crippen LogP contribution in [0.2, 0.25) is 5.02 Å². The summed E-state index contributed by atoms with van der Waals surface area (Å²) in [5.41, 5.74) is 2.67. The lowest BCUT2D eigenvalue weighted by molar-refractivity contribution is 0.352. The van der Waals surface area contributed by atoms with Crippen LogP contribution in [0.15, 0.2) is 58.1 Å². The highest BCUT2D eigenvalue weighted by Crippen LogP contribution is 2.35. The number of aromatic nitrogens is 3. The molecule has 2 aromatic heterocycles. The number of aryl methyl sites for hydroxylation is 2. The zero-order chi connectivity index (χ0) is 25.4. The first-order chi connectivity index (χ1) is 17.5. The Kier molecular flexibility index (Phi) is 7.98. The Morgan fingerprint density at radius 2 is 1.59 bits per heavy atom. The van der Waals surface area contributed by atoms with Gasteiger partial charge in [0.15, 0.2) is 5.65 Å². The van der Waals surface area contributed by atoms with Crippen molar-refractivity contribution in [2.24, 2.45) is 0 Å². The number of benzene rings is 2. The van der Waals surface area contributed by atoms with Gasteiger partial charge in [-0.2, -0.15) is 0 Å². The molecule has 0 N–H and O–H groups in total. The fourth-order valence-corrected chi connectivity index (χ4v) is 5.72. The number of hydrogen-bond acceptors (Lipinski definition) is 3. The van der Waals surface area contributed by atoms with Crippen molar-refractivity contribution in [3.05, 3.63) is 91.2 Å². The topological polar surface area (TPSA) is 56.9 Å². The number of pyridine rings is 1. The highest BCUT2D eigenvalue weighted by Gasteiger charge is 2.26. The third-order valence-electron chi connectivity index (χ3n) is 7.27. The van der Waals surface area contributed by atoms with Crippen molar-refractivity contribution in [3.8, 4) is 16.9 Å². The van der Waals surface area contributed by atoms with Gasteiger partial charge in [0.25, 0.3) is 0 Å². The van der Waals surface area contributed by atoms with E-state index in [-0.39, 0.29) is 29.7 Å². The van der Waals surface area contributed by atoms with Crippen LogP contribution in [0, 0.1) is 5.82 Å². The van der Waals surface area contributed by atoms with E-state index in [2.05, 4.69) is 0 Å². The first-order valence-electron chi connectivity index (χ1n) is 12.7. The van der Waals surface area contributed by atoms with Gasteiger partial charge in [0, 0.05) is 11.6 Å². The molecule has 0 saturated heterocycles. The first kappa shape index (κ1) is 26.8. The summed E-state index contributed by atoms with van der Waals surface area (Å²) in [5.74, 6) is -0.455. The predicted octanol–water partition coefficient (Wildman–Crippen LogP) is 7.27. The van der Waals surface area contributed by atoms with E-state index < -0.39 is 16.9 Å². The molecule has 194 valence electrons. The zero-order valence-electron chi connectivity index (χ0n) is 20.6. The number of fused-ring (bicyclic) bond motifs is 1. The molecule has 1 saturated carbocycles. The Bertz CT molecular complexity index is 1550. The Labute approximate surface area is 221 Å². The van der Waals surface area contributed by atoms with Crippen LogP contribution in [0.25, 0.3) is 28.1 Å². The summed E-state index contributed by atoms with van der Waals surface area (Å²) in [4.78, 5) is 32.4. The standard InChI is InChI=1S/C29H29ClFN3O2.CH4/c1-3-18-11-10-12-19(4-2)26(18)34-27-24(33(28(35)29(34)36)20-13-6-5-7-14-20)17-22(30)25(32-27)21-15-8-9-16-23(21)31;/h8-12,15-17,20H,3-7,13-14H2,1-2H3;1H4. The minimum absolute atomic E-state index is 0. The quantitative estimate of drug-likeness (QED) is 0.259. The summed E-state index contributed by atoms with van der Waals surface area (Å²) < 4.78 is 17.8. The SMILES string of the molecule is C.CCc1cccc(CC)c1-n1c(=O)c(=O)n(C2CCCCC2)c2cc(Cl)c(-c3ccccc3F)nc21. The molecule has 0 atom stereocenters. The minimum atomic E-state index is -0.641. The monoisotopic (exact) mass is 521 g/mol. The minimum Gasteiger partial charge on any atom is -0.297 e. The number of hydrogen-bond donors (Lipinski definition) is 0. The molecule has 0 amide bonds. The molecule has 2 aromatic carbocycles. The molecule has 1 aliphatic rings. The average Bonchev–Trinajstić information content (AvgIpc) is 2.90. The van der Waals surface area contributed by atoms with Gasteiger partial charge >= 0.3 is 11.1 Å². The van der Waals surface area contributed by atoms with Gasteiger partial charge in [0.05, 0.1) is 21.9 Å². The summed E-state index contributed by atoms with van der Waals surface area (Å²) in [6.07, 6.45) is 6.09. The molecule has 2 heterocycles. The van der Waals surface area contributed by atoms with E-state index in [1.807, 2.05) is 32.0 Å². The van der Waals surface area contributed by atoms with Crippen LogP contribution in [-0.2, 0) is 12.8 Å². The average molecular weight is 522 g/mol. The number of nitrogens with zero attached hydrogens (tertiary/aromatic N) is 3. The Balaban J connectivity index is 0.00000320. The second kappa shape index (κ2) is 11.0. The van der Waals surface area contributed by atoms with E-state index in [0.29, 0.717) is 29.7 Å². The van der Waals surface area contributed by atoms with Crippen LogP contribution in [0.3, 0.4) is 0 Å². The molecule has 4 aromatic rings. The van der Waals surface area contributed by atoms with E-state index in [1.165, 1.54) is 10.6 Å². The van der Waals surface area contributed by atoms with Gasteiger partial charge in [-0.05, 0) is 55.0 Å². The molecule has 0 aliphatic heterocycles. The van der Waals surface area contributed by atoms with Crippen LogP contribution in [0.4, 0.5) is 4.39 Å². The summed E-state index contributed by atoms with van der Waals surface area (Å²) in [5, 5.41) is 0.237. The Morgan fingerprint density at radius 3 is 2.22 bits per heavy atom. The number of rotatable bonds is 5. The molecule has 0 unspecified atom stereocenters. The fourth-order valence-electron chi connectivity index (χ4n) is 5.47. The number of halogens is 2. The maximum absolute atomic E-state index is 14.8. The van der Waals surface area contributed by atoms with Gasteiger partial charge in [-0.1, -0.05) is 82.5 Å². The van der Waals surface area contributed by atoms with Crippen LogP contribution in [0.5, 0.6) is 0 Å². The van der Waals surface area contributed by atoms with E-state index in [1.54, 1.807) is 28.8 Å². The highest BCUT2D eigenvalue weighted by molar-refractivity contribution is 6.33. The molecular formula is C30H33ClFN3O2. The van der Waals surface area contributed by atoms with Crippen LogP contribution in [0.1, 0.15) is 70.5 Å². The van der Waals surface area contributed by atoms with Gasteiger partial charge in [0.1, 0.15) is 5.82 Å². The van der Waals surface area contributed by atoms with E-state index >= 15 is 0 Å². The summed E-state index contributed by atoms with van der Waals surface area (Å²) >= 11 is 6.70. The van der Waals surface area contributed by atoms with E-state index in [4.69, 9.17) is 16.6 Å². The molecule has 0 radical (unpaired) electrons. The van der Waals surface area contributed by atoms with Crippen molar-refractivity contribution in [1.82, 2.24) is 14.1 Å². The van der Waals surface area contributed by atoms with Crippen molar-refractivity contribution in [2.75, 3.05) is 0 Å². The van der Waals surface area contributed by atoms with Crippen molar-refractivity contribution < 1.29 is 4.39 Å². The molecule has 1 fully saturated rings. The molecular weight excluding hydrogens is 489 g/mol. The molecule has 5 nitrogen and oxygen atoms in total. The molecule has 7 heteroatoms. The second-order valence-corrected chi connectivity index (χ2v) is 9.79. The first-order valence-corrected chi connectivity index (χ1v) is 13.1. The molecule has 1 aliphatic carbocycles. The molecule has 0 spiro atoms. The third-order valence-corrected chi connectivity index (χ3v) is 7.56. The normalized spacial score (nSPS) is 14.1. The lowest BCUT2D eigenvalue weighted by atomic mass is 9.95. The van der Waals surface area contributed by atoms with E-state index in [9.17, 15) is 14.0 Å². The lowest BCUT2D eigenvalue weighted by Crippen LogP contribution is -2.43. The molecule has 0 bridgehead atoms. The smallest absolute Gasteiger partial charge is 0.297 e. The Hall–Kier alpha value is -3.25. The maximum Gasteiger partial charge on any atom is 0.322 e. The lowest BCUT2D eigenvalue weighted by Gasteiger charge is -2.27. The molecule has 5 rings (SSSR count). The summed E-state index contributed by atoms with van der Waals surface area (Å²) in [6, 6.07) is 13.8. The fraction of sp³-hybridized carbons (Fsp3) is 0.367.